The number of halogens is 1. The fraction of sp³-hybridized carbons (Fsp3) is 0.571. The van der Waals surface area contributed by atoms with Crippen LogP contribution in [0, 0.1) is 0 Å². The van der Waals surface area contributed by atoms with Gasteiger partial charge in [-0.25, -0.2) is 4.98 Å². The molecule has 2 aliphatic heterocycles. The van der Waals surface area contributed by atoms with Crippen molar-refractivity contribution in [1.29, 1.82) is 0 Å². The summed E-state index contributed by atoms with van der Waals surface area (Å²) >= 11 is 8.11. The molecule has 1 atom stereocenters. The molecule has 7 heteroatoms. The minimum absolute atomic E-state index is 0.659. The average Bonchev–Trinajstić information content (AvgIpc) is 3.10. The van der Waals surface area contributed by atoms with E-state index in [1.54, 1.807) is 11.3 Å². The molecule has 0 N–H and O–H groups in total. The van der Waals surface area contributed by atoms with Crippen molar-refractivity contribution in [3.63, 3.8) is 0 Å². The van der Waals surface area contributed by atoms with Gasteiger partial charge in [0.25, 0.3) is 0 Å². The first-order chi connectivity index (χ1) is 13.6. The van der Waals surface area contributed by atoms with Gasteiger partial charge >= 0.3 is 0 Å². The summed E-state index contributed by atoms with van der Waals surface area (Å²) in [5.41, 5.74) is 1.35. The van der Waals surface area contributed by atoms with Crippen molar-refractivity contribution in [3.8, 4) is 0 Å². The van der Waals surface area contributed by atoms with Crippen molar-refractivity contribution in [2.45, 2.75) is 25.4 Å². The van der Waals surface area contributed by atoms with Gasteiger partial charge in [-0.15, -0.1) is 0 Å². The molecule has 0 amide bonds. The molecule has 2 aliphatic rings. The quantitative estimate of drug-likeness (QED) is 0.736. The van der Waals surface area contributed by atoms with Crippen LogP contribution in [0.15, 0.2) is 30.3 Å². The van der Waals surface area contributed by atoms with E-state index >= 15 is 0 Å². The van der Waals surface area contributed by atoms with Crippen molar-refractivity contribution in [2.24, 2.45) is 0 Å². The molecule has 0 saturated carbocycles. The van der Waals surface area contributed by atoms with Gasteiger partial charge in [0.05, 0.1) is 4.88 Å². The molecule has 0 radical (unpaired) electrons. The van der Waals surface area contributed by atoms with Crippen molar-refractivity contribution in [2.75, 3.05) is 63.2 Å². The smallest absolute Gasteiger partial charge is 0.186 e. The molecule has 2 aromatic rings. The molecule has 0 aliphatic carbocycles. The number of piperazine rings is 1. The van der Waals surface area contributed by atoms with Gasteiger partial charge in [0.1, 0.15) is 5.15 Å². The van der Waals surface area contributed by atoms with E-state index in [-0.39, 0.29) is 0 Å². The fourth-order valence-electron chi connectivity index (χ4n) is 4.27. The highest BCUT2D eigenvalue weighted by molar-refractivity contribution is 7.16. The Morgan fingerprint density at radius 1 is 1.11 bits per heavy atom. The number of aromatic nitrogens is 1. The predicted octanol–water partition coefficient (Wildman–Crippen LogP) is 3.65. The summed E-state index contributed by atoms with van der Waals surface area (Å²) in [7, 11) is 4.04. The van der Waals surface area contributed by atoms with Crippen LogP contribution in [0.3, 0.4) is 0 Å². The Morgan fingerprint density at radius 3 is 2.54 bits per heavy atom. The minimum atomic E-state index is 0.659. The third-order valence-corrected chi connectivity index (χ3v) is 7.45. The largest absolute Gasteiger partial charge is 0.369 e. The number of thiazole rings is 1. The molecular formula is C21H30ClN5S. The molecular weight excluding hydrogens is 390 g/mol. The van der Waals surface area contributed by atoms with Crippen LogP contribution in [0.4, 0.5) is 10.8 Å². The van der Waals surface area contributed by atoms with Crippen LogP contribution < -0.4 is 9.80 Å². The Kier molecular flexibility index (Phi) is 6.41. The molecule has 3 heterocycles. The summed E-state index contributed by atoms with van der Waals surface area (Å²) < 4.78 is 0. The lowest BCUT2D eigenvalue weighted by molar-refractivity contribution is 0.0893. The van der Waals surface area contributed by atoms with Crippen molar-refractivity contribution >= 4 is 33.8 Å². The van der Waals surface area contributed by atoms with Gasteiger partial charge in [-0.05, 0) is 31.5 Å². The summed E-state index contributed by atoms with van der Waals surface area (Å²) in [6, 6.07) is 11.5. The van der Waals surface area contributed by atoms with E-state index in [0.717, 1.165) is 50.9 Å². The van der Waals surface area contributed by atoms with E-state index < -0.39 is 0 Å². The highest BCUT2D eigenvalue weighted by atomic mass is 35.5. The molecule has 0 spiro atoms. The first-order valence-electron chi connectivity index (χ1n) is 10.2. The van der Waals surface area contributed by atoms with Crippen LogP contribution in [-0.2, 0) is 6.54 Å². The molecule has 1 aromatic heterocycles. The van der Waals surface area contributed by atoms with Gasteiger partial charge in [0.15, 0.2) is 5.13 Å². The minimum Gasteiger partial charge on any atom is -0.369 e. The molecule has 2 saturated heterocycles. The number of rotatable bonds is 5. The summed E-state index contributed by atoms with van der Waals surface area (Å²) in [6.07, 6.45) is 2.57. The van der Waals surface area contributed by atoms with Crippen molar-refractivity contribution in [1.82, 2.24) is 14.8 Å². The van der Waals surface area contributed by atoms with Gasteiger partial charge in [0.2, 0.25) is 0 Å². The molecule has 0 bridgehead atoms. The second-order valence-electron chi connectivity index (χ2n) is 7.99. The third-order valence-electron chi connectivity index (χ3n) is 5.82. The summed E-state index contributed by atoms with van der Waals surface area (Å²) in [5, 5.41) is 1.66. The maximum atomic E-state index is 6.40. The van der Waals surface area contributed by atoms with Crippen LogP contribution in [0.1, 0.15) is 17.7 Å². The average molecular weight is 420 g/mol. The highest BCUT2D eigenvalue weighted by Crippen LogP contribution is 2.31. The van der Waals surface area contributed by atoms with E-state index in [2.05, 4.69) is 50.0 Å². The summed E-state index contributed by atoms with van der Waals surface area (Å²) in [6.45, 7) is 7.76. The molecule has 2 fully saturated rings. The third kappa shape index (κ3) is 4.62. The van der Waals surface area contributed by atoms with Crippen molar-refractivity contribution in [3.05, 3.63) is 40.4 Å². The Morgan fingerprint density at radius 2 is 1.86 bits per heavy atom. The SMILES string of the molecule is CN(C)c1nc(Cl)c(CN2CCC[C@@H](N3CCN(c4ccccc4)CC3)C2)s1. The van der Waals surface area contributed by atoms with E-state index in [1.165, 1.54) is 23.4 Å². The maximum Gasteiger partial charge on any atom is 0.186 e. The van der Waals surface area contributed by atoms with E-state index in [0.29, 0.717) is 11.2 Å². The number of likely N-dealkylation sites (tertiary alicyclic amines) is 1. The fourth-order valence-corrected chi connectivity index (χ4v) is 5.49. The second kappa shape index (κ2) is 8.99. The van der Waals surface area contributed by atoms with E-state index in [9.17, 15) is 0 Å². The summed E-state index contributed by atoms with van der Waals surface area (Å²) in [5.74, 6) is 0. The molecule has 5 nitrogen and oxygen atoms in total. The van der Waals surface area contributed by atoms with Gasteiger partial charge < -0.3 is 9.80 Å². The molecule has 0 unspecified atom stereocenters. The van der Waals surface area contributed by atoms with E-state index in [4.69, 9.17) is 11.6 Å². The number of anilines is 2. The topological polar surface area (TPSA) is 25.9 Å². The first kappa shape index (κ1) is 20.0. The van der Waals surface area contributed by atoms with Crippen molar-refractivity contribution < 1.29 is 0 Å². The zero-order chi connectivity index (χ0) is 19.5. The lowest BCUT2D eigenvalue weighted by atomic mass is 10.0. The maximum absolute atomic E-state index is 6.40. The van der Waals surface area contributed by atoms with Crippen LogP contribution in [-0.4, -0.2) is 74.2 Å². The lowest BCUT2D eigenvalue weighted by Gasteiger charge is -2.44. The monoisotopic (exact) mass is 419 g/mol. The van der Waals surface area contributed by atoms with Gasteiger partial charge in [-0.2, -0.15) is 0 Å². The Balaban J connectivity index is 1.32. The normalized spacial score (nSPS) is 21.8. The number of para-hydroxylation sites is 1. The Labute approximate surface area is 177 Å². The highest BCUT2D eigenvalue weighted by Gasteiger charge is 2.28. The van der Waals surface area contributed by atoms with Gasteiger partial charge in [0, 0.05) is 65.1 Å². The molecule has 28 heavy (non-hydrogen) atoms. The number of hydrogen-bond donors (Lipinski definition) is 0. The number of hydrogen-bond acceptors (Lipinski definition) is 6. The van der Waals surface area contributed by atoms with Gasteiger partial charge in [-0.1, -0.05) is 41.1 Å². The van der Waals surface area contributed by atoms with Crippen LogP contribution in [0.2, 0.25) is 5.15 Å². The Bertz CT molecular complexity index is 757. The number of nitrogens with zero attached hydrogens (tertiary/aromatic N) is 5. The standard InChI is InChI=1S/C21H30ClN5S/c1-24(2)21-23-20(22)19(28-21)16-25-10-6-9-18(15-25)27-13-11-26(12-14-27)17-7-4-3-5-8-17/h3-5,7-8,18H,6,9-16H2,1-2H3/t18-/m1/s1. The van der Waals surface area contributed by atoms with E-state index in [1.807, 2.05) is 19.0 Å². The zero-order valence-corrected chi connectivity index (χ0v) is 18.4. The predicted molar refractivity (Wildman–Crippen MR) is 120 cm³/mol. The molecule has 1 aromatic carbocycles. The molecule has 152 valence electrons. The first-order valence-corrected chi connectivity index (χ1v) is 11.4. The zero-order valence-electron chi connectivity index (χ0n) is 16.9. The summed E-state index contributed by atoms with van der Waals surface area (Å²) in [4.78, 5) is 15.5. The van der Waals surface area contributed by atoms with Crippen LogP contribution in [0.25, 0.3) is 0 Å². The molecule has 4 rings (SSSR count). The van der Waals surface area contributed by atoms with Crippen LogP contribution in [0.5, 0.6) is 0 Å². The van der Waals surface area contributed by atoms with Crippen LogP contribution >= 0.6 is 22.9 Å². The number of piperidine rings is 1. The number of benzene rings is 1. The second-order valence-corrected chi connectivity index (χ2v) is 9.41. The lowest BCUT2D eigenvalue weighted by Crippen LogP contribution is -2.55. The van der Waals surface area contributed by atoms with Gasteiger partial charge in [-0.3, -0.25) is 9.80 Å². The Hall–Kier alpha value is -1.34.